The first-order chi connectivity index (χ1) is 5.80. The van der Waals surface area contributed by atoms with Gasteiger partial charge in [0.15, 0.2) is 0 Å². The molecular weight excluding hydrogens is 199 g/mol. The summed E-state index contributed by atoms with van der Waals surface area (Å²) in [7, 11) is 1.73. The molecule has 0 aliphatic heterocycles. The maximum absolute atomic E-state index is 9.40. The van der Waals surface area contributed by atoms with Crippen LogP contribution in [-0.2, 0) is 0 Å². The predicted molar refractivity (Wildman–Crippen MR) is 44.7 cm³/mol. The fraction of sp³-hybridized carbons (Fsp3) is 1.00. The zero-order chi connectivity index (χ0) is 10.4. The van der Waals surface area contributed by atoms with E-state index in [0.717, 1.165) is 0 Å². The molecule has 0 aromatic heterocycles. The summed E-state index contributed by atoms with van der Waals surface area (Å²) in [4.78, 5) is 0. The van der Waals surface area contributed by atoms with E-state index in [2.05, 4.69) is 0 Å². The van der Waals surface area contributed by atoms with Crippen molar-refractivity contribution in [2.45, 2.75) is 35.9 Å². The molecule has 0 aromatic rings. The summed E-state index contributed by atoms with van der Waals surface area (Å²) >= 11 is 0. The van der Waals surface area contributed by atoms with Crippen LogP contribution in [0.15, 0.2) is 0 Å². The van der Waals surface area contributed by atoms with Crippen LogP contribution in [0.5, 0.6) is 0 Å². The van der Waals surface area contributed by atoms with Gasteiger partial charge in [-0.1, -0.05) is 9.24 Å². The molecule has 0 saturated heterocycles. The van der Waals surface area contributed by atoms with Crippen molar-refractivity contribution >= 4 is 9.24 Å². The maximum atomic E-state index is 9.40. The molecule has 1 saturated carbocycles. The number of aliphatic hydroxyl groups is 6. The SMILES string of the molecule is O[C@@H]1[C@@H](O)[C@@H](O)[C@](O)(P)[C@H](O)[C@H]1O. The Kier molecular flexibility index (Phi) is 2.95. The molecule has 0 amide bonds. The zero-order valence-electron chi connectivity index (χ0n) is 6.65. The van der Waals surface area contributed by atoms with Crippen LogP contribution >= 0.6 is 9.24 Å². The Balaban J connectivity index is 2.93. The summed E-state index contributed by atoms with van der Waals surface area (Å²) < 4.78 is 0. The van der Waals surface area contributed by atoms with E-state index >= 15 is 0 Å². The Morgan fingerprint density at radius 2 is 1.08 bits per heavy atom. The molecule has 0 radical (unpaired) electrons. The van der Waals surface area contributed by atoms with E-state index in [1.165, 1.54) is 0 Å². The van der Waals surface area contributed by atoms with Gasteiger partial charge < -0.3 is 30.6 Å². The third kappa shape index (κ3) is 1.59. The van der Waals surface area contributed by atoms with Crippen molar-refractivity contribution in [3.63, 3.8) is 0 Å². The van der Waals surface area contributed by atoms with Crippen LogP contribution < -0.4 is 0 Å². The van der Waals surface area contributed by atoms with Crippen molar-refractivity contribution in [1.29, 1.82) is 0 Å². The van der Waals surface area contributed by atoms with Gasteiger partial charge in [-0.15, -0.1) is 0 Å². The molecule has 13 heavy (non-hydrogen) atoms. The van der Waals surface area contributed by atoms with Crippen LogP contribution in [0.1, 0.15) is 0 Å². The molecule has 1 aliphatic carbocycles. The standard InChI is InChI=1S/C6H13O6P/c7-1-2(8)4(10)6(12,13)5(11)3(1)9/h1-5,7-12H,13H2/t1-,2-,3+,4-,5-,6+/m1/s1. The third-order valence-electron chi connectivity index (χ3n) is 2.29. The average Bonchev–Trinajstić information content (AvgIpc) is 2.09. The molecule has 1 unspecified atom stereocenters. The van der Waals surface area contributed by atoms with E-state index in [9.17, 15) is 15.3 Å². The van der Waals surface area contributed by atoms with Gasteiger partial charge in [-0.25, -0.2) is 0 Å². The summed E-state index contributed by atoms with van der Waals surface area (Å²) in [6.45, 7) is 0. The second-order valence-corrected chi connectivity index (χ2v) is 4.17. The van der Waals surface area contributed by atoms with E-state index in [0.29, 0.717) is 0 Å². The molecule has 0 spiro atoms. The van der Waals surface area contributed by atoms with Crippen molar-refractivity contribution in [1.82, 2.24) is 0 Å². The molecule has 7 atom stereocenters. The van der Waals surface area contributed by atoms with Gasteiger partial charge in [0.25, 0.3) is 0 Å². The van der Waals surface area contributed by atoms with E-state index in [1.807, 2.05) is 0 Å². The summed E-state index contributed by atoms with van der Waals surface area (Å²) in [5.74, 6) is 0. The van der Waals surface area contributed by atoms with Gasteiger partial charge in [0, 0.05) is 0 Å². The molecular formula is C6H13O6P. The number of rotatable bonds is 0. The number of aliphatic hydroxyl groups excluding tert-OH is 5. The molecule has 1 aliphatic rings. The van der Waals surface area contributed by atoms with Crippen molar-refractivity contribution in [2.75, 3.05) is 0 Å². The van der Waals surface area contributed by atoms with E-state index in [-0.39, 0.29) is 0 Å². The van der Waals surface area contributed by atoms with Crippen LogP contribution in [0.25, 0.3) is 0 Å². The topological polar surface area (TPSA) is 121 Å². The molecule has 6 N–H and O–H groups in total. The lowest BCUT2D eigenvalue weighted by Crippen LogP contribution is -2.68. The summed E-state index contributed by atoms with van der Waals surface area (Å²) in [6, 6.07) is 0. The maximum Gasteiger partial charge on any atom is 0.134 e. The van der Waals surface area contributed by atoms with Crippen molar-refractivity contribution in [3.05, 3.63) is 0 Å². The van der Waals surface area contributed by atoms with Crippen molar-refractivity contribution < 1.29 is 30.6 Å². The van der Waals surface area contributed by atoms with Crippen molar-refractivity contribution in [3.8, 4) is 0 Å². The van der Waals surface area contributed by atoms with Crippen LogP contribution in [0.3, 0.4) is 0 Å². The molecule has 7 heteroatoms. The summed E-state index contributed by atoms with van der Waals surface area (Å²) in [5, 5.41) is 53.0. The smallest absolute Gasteiger partial charge is 0.134 e. The van der Waals surface area contributed by atoms with Gasteiger partial charge in [0.2, 0.25) is 0 Å². The zero-order valence-corrected chi connectivity index (χ0v) is 7.80. The fourth-order valence-electron chi connectivity index (χ4n) is 1.30. The van der Waals surface area contributed by atoms with Crippen LogP contribution in [0.2, 0.25) is 0 Å². The molecule has 1 rings (SSSR count). The lowest BCUT2D eigenvalue weighted by atomic mass is 9.84. The second-order valence-electron chi connectivity index (χ2n) is 3.25. The molecule has 1 fully saturated rings. The Bertz CT molecular complexity index is 180. The van der Waals surface area contributed by atoms with Gasteiger partial charge in [-0.3, -0.25) is 0 Å². The van der Waals surface area contributed by atoms with Gasteiger partial charge >= 0.3 is 0 Å². The second kappa shape index (κ2) is 3.40. The normalized spacial score (nSPS) is 57.9. The first-order valence-electron chi connectivity index (χ1n) is 3.71. The monoisotopic (exact) mass is 212 g/mol. The summed E-state index contributed by atoms with van der Waals surface area (Å²) in [5.41, 5.74) is 0. The largest absolute Gasteiger partial charge is 0.387 e. The predicted octanol–water partition coefficient (Wildman–Crippen LogP) is -3.63. The molecule has 0 heterocycles. The lowest BCUT2D eigenvalue weighted by molar-refractivity contribution is -0.236. The number of hydrogen-bond donors (Lipinski definition) is 6. The van der Waals surface area contributed by atoms with E-state index in [1.54, 1.807) is 9.24 Å². The van der Waals surface area contributed by atoms with Crippen LogP contribution in [-0.4, -0.2) is 66.5 Å². The third-order valence-corrected chi connectivity index (χ3v) is 2.98. The first-order valence-corrected chi connectivity index (χ1v) is 4.29. The molecule has 6 nitrogen and oxygen atoms in total. The minimum Gasteiger partial charge on any atom is -0.387 e. The van der Waals surface area contributed by atoms with E-state index in [4.69, 9.17) is 15.3 Å². The molecule has 0 bridgehead atoms. The van der Waals surface area contributed by atoms with Crippen LogP contribution in [0, 0.1) is 0 Å². The Hall–Kier alpha value is 0.190. The quantitative estimate of drug-likeness (QED) is 0.230. The average molecular weight is 212 g/mol. The summed E-state index contributed by atoms with van der Waals surface area (Å²) in [6.07, 6.45) is -8.52. The molecule has 78 valence electrons. The van der Waals surface area contributed by atoms with E-state index < -0.39 is 35.9 Å². The highest BCUT2D eigenvalue weighted by Crippen LogP contribution is 2.34. The van der Waals surface area contributed by atoms with Gasteiger partial charge in [-0.05, 0) is 0 Å². The minimum atomic E-state index is -2.11. The first kappa shape index (κ1) is 11.3. The highest BCUT2D eigenvalue weighted by atomic mass is 31.0. The highest BCUT2D eigenvalue weighted by molar-refractivity contribution is 7.18. The van der Waals surface area contributed by atoms with Gasteiger partial charge in [0.1, 0.15) is 35.9 Å². The fourth-order valence-corrected chi connectivity index (χ4v) is 1.69. The Morgan fingerprint density at radius 3 is 1.38 bits per heavy atom. The lowest BCUT2D eigenvalue weighted by Gasteiger charge is -2.45. The molecule has 0 aromatic carbocycles. The van der Waals surface area contributed by atoms with Gasteiger partial charge in [0.05, 0.1) is 0 Å². The Labute approximate surface area is 76.7 Å². The minimum absolute atomic E-state index is 1.68. The number of hydrogen-bond acceptors (Lipinski definition) is 6. The highest BCUT2D eigenvalue weighted by Gasteiger charge is 2.54. The van der Waals surface area contributed by atoms with Crippen LogP contribution in [0.4, 0.5) is 0 Å². The Morgan fingerprint density at radius 1 is 0.769 bits per heavy atom. The van der Waals surface area contributed by atoms with Crippen molar-refractivity contribution in [2.24, 2.45) is 0 Å². The van der Waals surface area contributed by atoms with Gasteiger partial charge in [-0.2, -0.15) is 0 Å².